The largest absolute Gasteiger partial charge is 0.340 e. The van der Waals surface area contributed by atoms with Crippen molar-refractivity contribution in [2.45, 2.75) is 63.6 Å². The standard InChI is InChI=1S/C23H36N4O/c1-17-10-11-21-20(15-17)22(25-24-21)23(28)27-13-6-9-19(16-27)26(2)14-12-18-7-4-3-5-8-18/h3-5,7-8,17,19-22,24-25H,6,9-16H2,1-2H3. The Labute approximate surface area is 169 Å². The molecule has 0 spiro atoms. The highest BCUT2D eigenvalue weighted by Crippen LogP contribution is 2.34. The smallest absolute Gasteiger partial charge is 0.241 e. The minimum atomic E-state index is -0.0406. The normalized spacial score (nSPS) is 33.1. The fraction of sp³-hybridized carbons (Fsp3) is 0.696. The van der Waals surface area contributed by atoms with Crippen molar-refractivity contribution in [3.05, 3.63) is 35.9 Å². The molecular formula is C23H36N4O. The van der Waals surface area contributed by atoms with Gasteiger partial charge in [0.1, 0.15) is 6.04 Å². The minimum absolute atomic E-state index is 0.0406. The van der Waals surface area contributed by atoms with Gasteiger partial charge in [-0.2, -0.15) is 0 Å². The van der Waals surface area contributed by atoms with E-state index in [1.165, 1.54) is 24.8 Å². The fourth-order valence-electron chi connectivity index (χ4n) is 5.37. The number of carbonyl (C=O) groups is 1. The summed E-state index contributed by atoms with van der Waals surface area (Å²) < 4.78 is 0. The van der Waals surface area contributed by atoms with E-state index in [2.05, 4.69) is 65.0 Å². The summed E-state index contributed by atoms with van der Waals surface area (Å²) in [4.78, 5) is 17.9. The predicted octanol–water partition coefficient (Wildman–Crippen LogP) is 2.43. The van der Waals surface area contributed by atoms with Gasteiger partial charge in [-0.25, -0.2) is 5.43 Å². The van der Waals surface area contributed by atoms with Gasteiger partial charge in [0.2, 0.25) is 5.91 Å². The lowest BCUT2D eigenvalue weighted by atomic mass is 9.76. The SMILES string of the molecule is CC1CCC2NNC(C(=O)N3CCCC(N(C)CCc4ccccc4)C3)C2C1. The van der Waals surface area contributed by atoms with E-state index in [0.29, 0.717) is 23.9 Å². The summed E-state index contributed by atoms with van der Waals surface area (Å²) in [5.41, 5.74) is 8.15. The van der Waals surface area contributed by atoms with Gasteiger partial charge in [0.15, 0.2) is 0 Å². The zero-order valence-corrected chi connectivity index (χ0v) is 17.4. The quantitative estimate of drug-likeness (QED) is 0.819. The zero-order valence-electron chi connectivity index (χ0n) is 17.4. The number of fused-ring (bicyclic) bond motifs is 1. The van der Waals surface area contributed by atoms with E-state index in [9.17, 15) is 4.79 Å². The maximum Gasteiger partial charge on any atom is 0.241 e. The Morgan fingerprint density at radius 3 is 2.82 bits per heavy atom. The van der Waals surface area contributed by atoms with Crippen molar-refractivity contribution >= 4 is 5.91 Å². The first-order valence-corrected chi connectivity index (χ1v) is 11.2. The van der Waals surface area contributed by atoms with Crippen molar-refractivity contribution in [2.24, 2.45) is 11.8 Å². The van der Waals surface area contributed by atoms with Crippen LogP contribution in [-0.2, 0) is 11.2 Å². The summed E-state index contributed by atoms with van der Waals surface area (Å²) in [6, 6.07) is 11.6. The van der Waals surface area contributed by atoms with Gasteiger partial charge in [-0.1, -0.05) is 37.3 Å². The van der Waals surface area contributed by atoms with E-state index in [4.69, 9.17) is 0 Å². The first-order valence-electron chi connectivity index (χ1n) is 11.2. The van der Waals surface area contributed by atoms with Crippen molar-refractivity contribution in [1.82, 2.24) is 20.7 Å². The number of hydrogen-bond acceptors (Lipinski definition) is 4. The number of amides is 1. The van der Waals surface area contributed by atoms with Gasteiger partial charge in [0, 0.05) is 37.6 Å². The monoisotopic (exact) mass is 384 g/mol. The van der Waals surface area contributed by atoms with E-state index >= 15 is 0 Å². The van der Waals surface area contributed by atoms with Crippen LogP contribution in [0.15, 0.2) is 30.3 Å². The van der Waals surface area contributed by atoms with E-state index in [0.717, 1.165) is 44.8 Å². The van der Waals surface area contributed by atoms with Crippen molar-refractivity contribution in [1.29, 1.82) is 0 Å². The molecule has 1 amide bonds. The molecular weight excluding hydrogens is 348 g/mol. The highest BCUT2D eigenvalue weighted by atomic mass is 16.2. The second-order valence-corrected chi connectivity index (χ2v) is 9.25. The fourth-order valence-corrected chi connectivity index (χ4v) is 5.37. The molecule has 2 aliphatic heterocycles. The summed E-state index contributed by atoms with van der Waals surface area (Å²) in [5, 5.41) is 0. The molecule has 1 aromatic carbocycles. The summed E-state index contributed by atoms with van der Waals surface area (Å²) in [7, 11) is 2.22. The van der Waals surface area contributed by atoms with Crippen molar-refractivity contribution in [3.8, 4) is 0 Å². The highest BCUT2D eigenvalue weighted by molar-refractivity contribution is 5.82. The van der Waals surface area contributed by atoms with Crippen LogP contribution in [0.2, 0.25) is 0 Å². The Balaban J connectivity index is 1.32. The summed E-state index contributed by atoms with van der Waals surface area (Å²) in [6.45, 7) is 5.15. The third-order valence-electron chi connectivity index (χ3n) is 7.21. The van der Waals surface area contributed by atoms with Gasteiger partial charge in [0.05, 0.1) is 0 Å². The van der Waals surface area contributed by atoms with Crippen molar-refractivity contribution < 1.29 is 4.79 Å². The molecule has 5 atom stereocenters. The topological polar surface area (TPSA) is 47.6 Å². The molecule has 5 nitrogen and oxygen atoms in total. The van der Waals surface area contributed by atoms with Crippen LogP contribution in [0.4, 0.5) is 0 Å². The van der Waals surface area contributed by atoms with Crippen LogP contribution in [-0.4, -0.2) is 60.5 Å². The maximum absolute atomic E-state index is 13.3. The van der Waals surface area contributed by atoms with Gasteiger partial charge >= 0.3 is 0 Å². The maximum atomic E-state index is 13.3. The Morgan fingerprint density at radius 1 is 1.18 bits per heavy atom. The molecule has 28 heavy (non-hydrogen) atoms. The molecule has 3 fully saturated rings. The molecule has 154 valence electrons. The molecule has 1 saturated carbocycles. The molecule has 5 heteroatoms. The van der Waals surface area contributed by atoms with Crippen LogP contribution in [0.5, 0.6) is 0 Å². The average Bonchev–Trinajstić information content (AvgIpc) is 3.15. The Kier molecular flexibility index (Phi) is 6.34. The second kappa shape index (κ2) is 8.93. The predicted molar refractivity (Wildman–Crippen MR) is 113 cm³/mol. The Morgan fingerprint density at radius 2 is 2.00 bits per heavy atom. The van der Waals surface area contributed by atoms with E-state index in [1.54, 1.807) is 0 Å². The lowest BCUT2D eigenvalue weighted by Gasteiger charge is -2.40. The molecule has 2 heterocycles. The number of carbonyl (C=O) groups excluding carboxylic acids is 1. The molecule has 2 N–H and O–H groups in total. The highest BCUT2D eigenvalue weighted by Gasteiger charge is 2.44. The summed E-state index contributed by atoms with van der Waals surface area (Å²) >= 11 is 0. The number of nitrogens with zero attached hydrogens (tertiary/aromatic N) is 2. The van der Waals surface area contributed by atoms with Crippen LogP contribution >= 0.6 is 0 Å². The molecule has 0 radical (unpaired) electrons. The molecule has 1 aromatic rings. The molecule has 2 saturated heterocycles. The first-order chi connectivity index (χ1) is 13.6. The molecule has 3 aliphatic rings. The van der Waals surface area contributed by atoms with E-state index in [-0.39, 0.29) is 6.04 Å². The van der Waals surface area contributed by atoms with Crippen molar-refractivity contribution in [3.63, 3.8) is 0 Å². The zero-order chi connectivity index (χ0) is 19.5. The average molecular weight is 385 g/mol. The molecule has 1 aliphatic carbocycles. The van der Waals surface area contributed by atoms with Gasteiger partial charge < -0.3 is 9.80 Å². The van der Waals surface area contributed by atoms with Gasteiger partial charge in [-0.3, -0.25) is 10.2 Å². The second-order valence-electron chi connectivity index (χ2n) is 9.25. The summed E-state index contributed by atoms with van der Waals surface area (Å²) in [5.74, 6) is 1.50. The van der Waals surface area contributed by atoms with Crippen LogP contribution in [0, 0.1) is 11.8 Å². The van der Waals surface area contributed by atoms with Crippen LogP contribution in [0.1, 0.15) is 44.6 Å². The molecule has 5 unspecified atom stereocenters. The lowest BCUT2D eigenvalue weighted by molar-refractivity contribution is -0.136. The molecule has 0 bridgehead atoms. The third-order valence-corrected chi connectivity index (χ3v) is 7.21. The number of hydrogen-bond donors (Lipinski definition) is 2. The number of likely N-dealkylation sites (N-methyl/N-ethyl adjacent to an activating group) is 1. The number of likely N-dealkylation sites (tertiary alicyclic amines) is 1. The van der Waals surface area contributed by atoms with Crippen molar-refractivity contribution in [2.75, 3.05) is 26.7 Å². The summed E-state index contributed by atoms with van der Waals surface area (Å²) in [6.07, 6.45) is 6.99. The number of rotatable bonds is 5. The van der Waals surface area contributed by atoms with Gasteiger partial charge in [0.25, 0.3) is 0 Å². The lowest BCUT2D eigenvalue weighted by Crippen LogP contribution is -2.54. The Bertz CT molecular complexity index is 651. The number of hydrazine groups is 1. The van der Waals surface area contributed by atoms with Gasteiger partial charge in [-0.15, -0.1) is 0 Å². The Hall–Kier alpha value is -1.43. The van der Waals surface area contributed by atoms with Crippen LogP contribution < -0.4 is 10.9 Å². The molecule has 4 rings (SSSR count). The number of piperidine rings is 1. The van der Waals surface area contributed by atoms with E-state index in [1.807, 2.05) is 0 Å². The molecule has 0 aromatic heterocycles. The van der Waals surface area contributed by atoms with Crippen LogP contribution in [0.25, 0.3) is 0 Å². The number of nitrogens with one attached hydrogen (secondary N) is 2. The van der Waals surface area contributed by atoms with Crippen LogP contribution in [0.3, 0.4) is 0 Å². The first kappa shape index (κ1) is 19.9. The van der Waals surface area contributed by atoms with Gasteiger partial charge in [-0.05, 0) is 57.1 Å². The van der Waals surface area contributed by atoms with E-state index < -0.39 is 0 Å². The minimum Gasteiger partial charge on any atom is -0.340 e. The third kappa shape index (κ3) is 4.42. The number of benzene rings is 1.